The first-order valence-electron chi connectivity index (χ1n) is 5.07. The molecule has 0 aromatic carbocycles. The minimum Gasteiger partial charge on any atom is -0.373 e. The Labute approximate surface area is 91.0 Å². The molecule has 0 saturated carbocycles. The number of hydrogen-bond donors (Lipinski definition) is 1. The predicted molar refractivity (Wildman–Crippen MR) is 65.0 cm³/mol. The highest BCUT2D eigenvalue weighted by atomic mass is 15.1. The molecule has 0 bridgehead atoms. The van der Waals surface area contributed by atoms with E-state index in [1.54, 1.807) is 0 Å². The SMILES string of the molecule is CCN(C)/C=N/c1ccc(NC)nc1C. The maximum absolute atomic E-state index is 4.36. The standard InChI is InChI=1S/C11H18N4/c1-5-15(4)8-13-10-6-7-11(12-3)14-9(10)2/h6-8H,5H2,1-4H3,(H,12,14)/b13-8+. The highest BCUT2D eigenvalue weighted by Gasteiger charge is 1.98. The van der Waals surface area contributed by atoms with Crippen molar-refractivity contribution in [2.75, 3.05) is 26.0 Å². The summed E-state index contributed by atoms with van der Waals surface area (Å²) in [6, 6.07) is 3.89. The summed E-state index contributed by atoms with van der Waals surface area (Å²) in [4.78, 5) is 10.7. The van der Waals surface area contributed by atoms with Gasteiger partial charge in [-0.25, -0.2) is 9.98 Å². The van der Waals surface area contributed by atoms with Gasteiger partial charge in [0.05, 0.1) is 17.7 Å². The molecule has 0 unspecified atom stereocenters. The van der Waals surface area contributed by atoms with Crippen LogP contribution in [0.5, 0.6) is 0 Å². The summed E-state index contributed by atoms with van der Waals surface area (Å²) in [6.45, 7) is 4.99. The van der Waals surface area contributed by atoms with E-state index in [0.717, 1.165) is 23.7 Å². The zero-order valence-corrected chi connectivity index (χ0v) is 9.78. The van der Waals surface area contributed by atoms with Crippen LogP contribution in [0.1, 0.15) is 12.6 Å². The van der Waals surface area contributed by atoms with E-state index in [1.165, 1.54) is 0 Å². The minimum absolute atomic E-state index is 0.871. The van der Waals surface area contributed by atoms with Gasteiger partial charge in [0, 0.05) is 20.6 Å². The zero-order chi connectivity index (χ0) is 11.3. The second-order valence-electron chi connectivity index (χ2n) is 3.37. The summed E-state index contributed by atoms with van der Waals surface area (Å²) in [6.07, 6.45) is 1.82. The molecule has 1 N–H and O–H groups in total. The van der Waals surface area contributed by atoms with Crippen molar-refractivity contribution in [1.82, 2.24) is 9.88 Å². The first-order chi connectivity index (χ1) is 7.17. The number of anilines is 1. The Hall–Kier alpha value is -1.58. The minimum atomic E-state index is 0.871. The number of nitrogens with one attached hydrogen (secondary N) is 1. The molecule has 0 aliphatic carbocycles. The van der Waals surface area contributed by atoms with Gasteiger partial charge in [-0.3, -0.25) is 0 Å². The molecule has 4 nitrogen and oxygen atoms in total. The van der Waals surface area contributed by atoms with Crippen LogP contribution in [-0.2, 0) is 0 Å². The largest absolute Gasteiger partial charge is 0.373 e. The van der Waals surface area contributed by atoms with E-state index in [9.17, 15) is 0 Å². The van der Waals surface area contributed by atoms with Crippen LogP contribution in [0, 0.1) is 6.92 Å². The molecule has 1 heterocycles. The topological polar surface area (TPSA) is 40.5 Å². The van der Waals surface area contributed by atoms with Crippen molar-refractivity contribution >= 4 is 17.8 Å². The van der Waals surface area contributed by atoms with Crippen LogP contribution < -0.4 is 5.32 Å². The average Bonchev–Trinajstić information content (AvgIpc) is 2.26. The summed E-state index contributed by atoms with van der Waals surface area (Å²) in [5, 5.41) is 3.00. The zero-order valence-electron chi connectivity index (χ0n) is 9.78. The molecule has 15 heavy (non-hydrogen) atoms. The Bertz CT molecular complexity index is 346. The number of aliphatic imine (C=N–C) groups is 1. The Kier molecular flexibility index (Phi) is 4.09. The second-order valence-corrected chi connectivity index (χ2v) is 3.37. The second kappa shape index (κ2) is 5.34. The maximum Gasteiger partial charge on any atom is 0.126 e. The van der Waals surface area contributed by atoms with Crippen molar-refractivity contribution in [3.05, 3.63) is 17.8 Å². The number of aromatic nitrogens is 1. The molecule has 0 saturated heterocycles. The molecule has 0 radical (unpaired) electrons. The van der Waals surface area contributed by atoms with Gasteiger partial charge in [-0.15, -0.1) is 0 Å². The molecule has 0 spiro atoms. The Morgan fingerprint density at radius 1 is 1.53 bits per heavy atom. The summed E-state index contributed by atoms with van der Waals surface area (Å²) in [7, 11) is 3.85. The highest BCUT2D eigenvalue weighted by Crippen LogP contribution is 2.17. The van der Waals surface area contributed by atoms with Gasteiger partial charge < -0.3 is 10.2 Å². The van der Waals surface area contributed by atoms with Gasteiger partial charge in [0.2, 0.25) is 0 Å². The van der Waals surface area contributed by atoms with Crippen LogP contribution in [-0.4, -0.2) is 36.9 Å². The van der Waals surface area contributed by atoms with Crippen LogP contribution in [0.2, 0.25) is 0 Å². The van der Waals surface area contributed by atoms with Crippen molar-refractivity contribution in [1.29, 1.82) is 0 Å². The van der Waals surface area contributed by atoms with Gasteiger partial charge in [-0.2, -0.15) is 0 Å². The van der Waals surface area contributed by atoms with Crippen molar-refractivity contribution < 1.29 is 0 Å². The van der Waals surface area contributed by atoms with Crippen molar-refractivity contribution in [2.24, 2.45) is 4.99 Å². The van der Waals surface area contributed by atoms with Gasteiger partial charge in [-0.05, 0) is 26.0 Å². The van der Waals surface area contributed by atoms with E-state index in [2.05, 4.69) is 22.2 Å². The maximum atomic E-state index is 4.36. The molecule has 0 fully saturated rings. The Morgan fingerprint density at radius 3 is 2.80 bits per heavy atom. The van der Waals surface area contributed by atoms with Crippen LogP contribution in [0.15, 0.2) is 17.1 Å². The lowest BCUT2D eigenvalue weighted by molar-refractivity contribution is 0.552. The van der Waals surface area contributed by atoms with Gasteiger partial charge in [-0.1, -0.05) is 0 Å². The Morgan fingerprint density at radius 2 is 2.27 bits per heavy atom. The van der Waals surface area contributed by atoms with E-state index in [0.29, 0.717) is 0 Å². The van der Waals surface area contributed by atoms with E-state index >= 15 is 0 Å². The molecule has 0 atom stereocenters. The number of aryl methyl sites for hydroxylation is 1. The number of hydrogen-bond acceptors (Lipinski definition) is 3. The molecule has 1 rings (SSSR count). The third-order valence-electron chi connectivity index (χ3n) is 2.21. The highest BCUT2D eigenvalue weighted by molar-refractivity contribution is 5.62. The first kappa shape index (κ1) is 11.5. The fourth-order valence-electron chi connectivity index (χ4n) is 1.07. The number of rotatable bonds is 4. The Balaban J connectivity index is 2.82. The van der Waals surface area contributed by atoms with E-state index in [-0.39, 0.29) is 0 Å². The van der Waals surface area contributed by atoms with Crippen LogP contribution in [0.3, 0.4) is 0 Å². The van der Waals surface area contributed by atoms with E-state index < -0.39 is 0 Å². The molecule has 0 amide bonds. The number of pyridine rings is 1. The summed E-state index contributed by atoms with van der Waals surface area (Å²) in [5.74, 6) is 0.871. The molecule has 1 aromatic heterocycles. The van der Waals surface area contributed by atoms with Crippen molar-refractivity contribution in [2.45, 2.75) is 13.8 Å². The van der Waals surface area contributed by atoms with Gasteiger partial charge in [0.15, 0.2) is 0 Å². The smallest absolute Gasteiger partial charge is 0.126 e. The molecular formula is C11H18N4. The van der Waals surface area contributed by atoms with Crippen LogP contribution in [0.4, 0.5) is 11.5 Å². The predicted octanol–water partition coefficient (Wildman–Crippen LogP) is 2.04. The average molecular weight is 206 g/mol. The van der Waals surface area contributed by atoms with Crippen LogP contribution in [0.25, 0.3) is 0 Å². The summed E-state index contributed by atoms with van der Waals surface area (Å²) >= 11 is 0. The fourth-order valence-corrected chi connectivity index (χ4v) is 1.07. The third-order valence-corrected chi connectivity index (χ3v) is 2.21. The van der Waals surface area contributed by atoms with E-state index in [4.69, 9.17) is 0 Å². The van der Waals surface area contributed by atoms with Gasteiger partial charge in [0.25, 0.3) is 0 Å². The molecule has 0 aliphatic heterocycles. The lowest BCUT2D eigenvalue weighted by Gasteiger charge is -2.09. The third kappa shape index (κ3) is 3.23. The van der Waals surface area contributed by atoms with Gasteiger partial charge >= 0.3 is 0 Å². The quantitative estimate of drug-likeness (QED) is 0.605. The van der Waals surface area contributed by atoms with Crippen molar-refractivity contribution in [3.63, 3.8) is 0 Å². The monoisotopic (exact) mass is 206 g/mol. The molecule has 4 heteroatoms. The lowest BCUT2D eigenvalue weighted by Crippen LogP contribution is -2.14. The summed E-state index contributed by atoms with van der Waals surface area (Å²) in [5.41, 5.74) is 1.84. The van der Waals surface area contributed by atoms with Gasteiger partial charge in [0.1, 0.15) is 5.82 Å². The molecule has 0 aliphatic rings. The first-order valence-corrected chi connectivity index (χ1v) is 5.07. The summed E-state index contributed by atoms with van der Waals surface area (Å²) < 4.78 is 0. The number of nitrogens with zero attached hydrogens (tertiary/aromatic N) is 3. The molecule has 82 valence electrons. The molecule has 1 aromatic rings. The van der Waals surface area contributed by atoms with Crippen LogP contribution >= 0.6 is 0 Å². The normalized spacial score (nSPS) is 10.7. The lowest BCUT2D eigenvalue weighted by atomic mass is 10.3. The fraction of sp³-hybridized carbons (Fsp3) is 0.455. The van der Waals surface area contributed by atoms with E-state index in [1.807, 2.05) is 44.4 Å². The van der Waals surface area contributed by atoms with Crippen molar-refractivity contribution in [3.8, 4) is 0 Å². The molecular weight excluding hydrogens is 188 g/mol.